The van der Waals surface area contributed by atoms with Crippen LogP contribution in [-0.4, -0.2) is 29.4 Å². The highest BCUT2D eigenvalue weighted by atomic mass is 19.2. The minimum atomic E-state index is -1.07. The minimum absolute atomic E-state index is 0.0814. The molecule has 1 aromatic heterocycles. The molecule has 5 rings (SSSR count). The summed E-state index contributed by atoms with van der Waals surface area (Å²) in [5, 5.41) is 3.63. The molecule has 7 heteroatoms. The van der Waals surface area contributed by atoms with Crippen molar-refractivity contribution in [3.05, 3.63) is 80.3 Å². The Hall–Kier alpha value is -3.06. The van der Waals surface area contributed by atoms with Crippen molar-refractivity contribution >= 4 is 16.7 Å². The van der Waals surface area contributed by atoms with Gasteiger partial charge in [-0.3, -0.25) is 9.59 Å². The van der Waals surface area contributed by atoms with Crippen molar-refractivity contribution in [2.75, 3.05) is 13.6 Å². The van der Waals surface area contributed by atoms with Crippen molar-refractivity contribution in [2.45, 2.75) is 31.8 Å². The zero-order valence-corrected chi connectivity index (χ0v) is 16.5. The molecule has 0 spiro atoms. The summed E-state index contributed by atoms with van der Waals surface area (Å²) in [4.78, 5) is 30.1. The molecule has 5 nitrogen and oxygen atoms in total. The van der Waals surface area contributed by atoms with E-state index in [2.05, 4.69) is 10.3 Å². The lowest BCUT2D eigenvalue weighted by molar-refractivity contribution is 0.0723. The first-order valence-corrected chi connectivity index (χ1v) is 10.1. The molecule has 1 aliphatic carbocycles. The van der Waals surface area contributed by atoms with Crippen molar-refractivity contribution in [3.63, 3.8) is 0 Å². The van der Waals surface area contributed by atoms with E-state index in [-0.39, 0.29) is 11.3 Å². The summed E-state index contributed by atoms with van der Waals surface area (Å²) < 4.78 is 27.8. The van der Waals surface area contributed by atoms with Crippen LogP contribution in [0, 0.1) is 11.6 Å². The van der Waals surface area contributed by atoms with E-state index in [4.69, 9.17) is 0 Å². The maximum absolute atomic E-state index is 14.0. The van der Waals surface area contributed by atoms with Gasteiger partial charge in [-0.15, -0.1) is 0 Å². The molecule has 2 heterocycles. The van der Waals surface area contributed by atoms with Gasteiger partial charge in [-0.05, 0) is 60.0 Å². The van der Waals surface area contributed by atoms with E-state index in [0.29, 0.717) is 35.3 Å². The van der Waals surface area contributed by atoms with Crippen LogP contribution in [0.5, 0.6) is 0 Å². The molecule has 1 atom stereocenters. The topological polar surface area (TPSA) is 65.2 Å². The van der Waals surface area contributed by atoms with E-state index in [9.17, 15) is 18.4 Å². The van der Waals surface area contributed by atoms with Crippen molar-refractivity contribution in [3.8, 4) is 0 Å². The molecule has 2 N–H and O–H groups in total. The van der Waals surface area contributed by atoms with Crippen molar-refractivity contribution in [1.82, 2.24) is 15.2 Å². The molecule has 0 fully saturated rings. The average molecular weight is 409 g/mol. The zero-order valence-electron chi connectivity index (χ0n) is 16.5. The number of H-pyrrole nitrogens is 1. The summed E-state index contributed by atoms with van der Waals surface area (Å²) in [6.45, 7) is 0.831. The van der Waals surface area contributed by atoms with Crippen molar-refractivity contribution < 1.29 is 13.6 Å². The van der Waals surface area contributed by atoms with Gasteiger partial charge in [-0.25, -0.2) is 8.78 Å². The lowest BCUT2D eigenvalue weighted by atomic mass is 9.93. The van der Waals surface area contributed by atoms with E-state index in [1.54, 1.807) is 11.9 Å². The summed E-state index contributed by atoms with van der Waals surface area (Å²) in [6.07, 6.45) is 3.12. The van der Waals surface area contributed by atoms with Gasteiger partial charge in [0.15, 0.2) is 11.6 Å². The van der Waals surface area contributed by atoms with Gasteiger partial charge in [0.1, 0.15) is 0 Å². The number of benzene rings is 2. The number of rotatable bonds is 2. The number of carbonyl (C=O) groups excluding carboxylic acids is 1. The van der Waals surface area contributed by atoms with E-state index in [0.717, 1.165) is 31.4 Å². The molecule has 2 aromatic carbocycles. The van der Waals surface area contributed by atoms with Gasteiger partial charge in [0.05, 0.1) is 11.4 Å². The summed E-state index contributed by atoms with van der Waals surface area (Å²) in [6, 6.07) is 7.37. The number of aromatic amines is 1. The summed E-state index contributed by atoms with van der Waals surface area (Å²) in [5.41, 5.74) is 3.88. The van der Waals surface area contributed by atoms with Gasteiger partial charge in [0.25, 0.3) is 11.5 Å². The molecule has 154 valence electrons. The van der Waals surface area contributed by atoms with Crippen LogP contribution in [0.4, 0.5) is 8.78 Å². The largest absolute Gasteiger partial charge is 0.333 e. The SMILES string of the molecule is CN(C(=O)c1ccc2c(c1)CCC2)[C@H]1CNCc2[nH]c(=O)c3cc(F)c(F)cc3c21. The molecule has 0 saturated heterocycles. The number of likely N-dealkylation sites (N-methyl/N-ethyl adjacent to an activating group) is 1. The van der Waals surface area contributed by atoms with E-state index >= 15 is 0 Å². The normalized spacial score (nSPS) is 17.6. The Kier molecular flexibility index (Phi) is 4.43. The number of pyridine rings is 1. The Bertz CT molecular complexity index is 1250. The molecule has 0 saturated carbocycles. The van der Waals surface area contributed by atoms with Gasteiger partial charge in [-0.1, -0.05) is 6.07 Å². The molecule has 3 aromatic rings. The molecular weight excluding hydrogens is 388 g/mol. The van der Waals surface area contributed by atoms with Crippen molar-refractivity contribution in [2.24, 2.45) is 0 Å². The first-order chi connectivity index (χ1) is 14.4. The number of amides is 1. The number of aromatic nitrogens is 1. The van der Waals surface area contributed by atoms with Crippen LogP contribution in [0.1, 0.15) is 45.2 Å². The van der Waals surface area contributed by atoms with Crippen LogP contribution in [0.2, 0.25) is 0 Å². The molecule has 1 aliphatic heterocycles. The number of hydrogen-bond donors (Lipinski definition) is 2. The number of carbonyl (C=O) groups is 1. The second-order valence-corrected chi connectivity index (χ2v) is 8.06. The number of fused-ring (bicyclic) bond motifs is 4. The second-order valence-electron chi connectivity index (χ2n) is 8.06. The molecule has 2 aliphatic rings. The molecule has 0 bridgehead atoms. The third-order valence-corrected chi connectivity index (χ3v) is 6.29. The number of halogens is 2. The maximum Gasteiger partial charge on any atom is 0.256 e. The first-order valence-electron chi connectivity index (χ1n) is 10.1. The number of hydrogen-bond acceptors (Lipinski definition) is 3. The highest BCUT2D eigenvalue weighted by Gasteiger charge is 2.31. The Morgan fingerprint density at radius 1 is 1.07 bits per heavy atom. The first kappa shape index (κ1) is 18.9. The smallest absolute Gasteiger partial charge is 0.256 e. The van der Waals surface area contributed by atoms with Gasteiger partial charge < -0.3 is 15.2 Å². The van der Waals surface area contributed by atoms with Crippen LogP contribution >= 0.6 is 0 Å². The van der Waals surface area contributed by atoms with Gasteiger partial charge in [-0.2, -0.15) is 0 Å². The Labute approximate surface area is 171 Å². The van der Waals surface area contributed by atoms with Crippen LogP contribution in [0.3, 0.4) is 0 Å². The maximum atomic E-state index is 14.0. The molecule has 1 amide bonds. The zero-order chi connectivity index (χ0) is 21.0. The van der Waals surface area contributed by atoms with Gasteiger partial charge in [0.2, 0.25) is 0 Å². The number of aryl methyl sites for hydroxylation is 2. The van der Waals surface area contributed by atoms with Crippen LogP contribution in [0.25, 0.3) is 10.8 Å². The van der Waals surface area contributed by atoms with Crippen molar-refractivity contribution in [1.29, 1.82) is 0 Å². The van der Waals surface area contributed by atoms with Crippen LogP contribution in [-0.2, 0) is 19.4 Å². The highest BCUT2D eigenvalue weighted by molar-refractivity contribution is 5.95. The highest BCUT2D eigenvalue weighted by Crippen LogP contribution is 2.33. The third kappa shape index (κ3) is 2.92. The lowest BCUT2D eigenvalue weighted by Gasteiger charge is -2.34. The monoisotopic (exact) mass is 409 g/mol. The van der Waals surface area contributed by atoms with Crippen LogP contribution in [0.15, 0.2) is 35.1 Å². The predicted molar refractivity (Wildman–Crippen MR) is 109 cm³/mol. The third-order valence-electron chi connectivity index (χ3n) is 6.29. The van der Waals surface area contributed by atoms with E-state index in [1.165, 1.54) is 11.1 Å². The molecular formula is C23H21F2N3O2. The van der Waals surface area contributed by atoms with E-state index in [1.807, 2.05) is 18.2 Å². The minimum Gasteiger partial charge on any atom is -0.333 e. The fourth-order valence-electron chi connectivity index (χ4n) is 4.73. The number of nitrogens with one attached hydrogen (secondary N) is 2. The average Bonchev–Trinajstić information content (AvgIpc) is 3.21. The summed E-state index contributed by atoms with van der Waals surface area (Å²) in [7, 11) is 1.70. The fraction of sp³-hybridized carbons (Fsp3) is 0.304. The lowest BCUT2D eigenvalue weighted by Crippen LogP contribution is -2.42. The Balaban J connectivity index is 1.60. The molecule has 30 heavy (non-hydrogen) atoms. The van der Waals surface area contributed by atoms with E-state index < -0.39 is 23.2 Å². The summed E-state index contributed by atoms with van der Waals surface area (Å²) in [5.74, 6) is -2.23. The summed E-state index contributed by atoms with van der Waals surface area (Å²) >= 11 is 0. The predicted octanol–water partition coefficient (Wildman–Crippen LogP) is 3.21. The Morgan fingerprint density at radius 3 is 2.60 bits per heavy atom. The van der Waals surface area contributed by atoms with Crippen LogP contribution < -0.4 is 10.9 Å². The van der Waals surface area contributed by atoms with Gasteiger partial charge >= 0.3 is 0 Å². The molecule has 0 radical (unpaired) electrons. The quantitative estimate of drug-likeness (QED) is 0.683. The second kappa shape index (κ2) is 7.02. The standard InChI is InChI=1S/C23H21F2N3O2/c1-28(23(30)14-6-5-12-3-2-4-13(12)7-14)20-11-26-10-19-21(20)15-8-17(24)18(25)9-16(15)22(29)27-19/h5-9,20,26H,2-4,10-11H2,1H3,(H,27,29)/t20-/m0/s1. The van der Waals surface area contributed by atoms with Gasteiger partial charge in [0, 0.05) is 37.0 Å². The Morgan fingerprint density at radius 2 is 1.80 bits per heavy atom. The fourth-order valence-corrected chi connectivity index (χ4v) is 4.73. The number of nitrogens with zero attached hydrogens (tertiary/aromatic N) is 1. The molecule has 0 unspecified atom stereocenters.